The Balaban J connectivity index is 0.973. The summed E-state index contributed by atoms with van der Waals surface area (Å²) < 4.78 is 0. The Bertz CT molecular complexity index is 2910. The van der Waals surface area contributed by atoms with Crippen molar-refractivity contribution in [3.63, 3.8) is 0 Å². The molecule has 0 unspecified atom stereocenters. The minimum absolute atomic E-state index is 0.0957. The molecule has 7 aromatic carbocycles. The maximum atomic E-state index is 4.12. The molecule has 0 saturated heterocycles. The van der Waals surface area contributed by atoms with Crippen molar-refractivity contribution in [1.29, 1.82) is 0 Å². The third kappa shape index (κ3) is 6.59. The van der Waals surface area contributed by atoms with E-state index in [-0.39, 0.29) is 5.41 Å². The molecule has 60 heavy (non-hydrogen) atoms. The van der Waals surface area contributed by atoms with Gasteiger partial charge in [0.2, 0.25) is 0 Å². The number of aryl methyl sites for hydroxylation is 1. The first-order valence-corrected chi connectivity index (χ1v) is 21.0. The van der Waals surface area contributed by atoms with Crippen LogP contribution in [0, 0.1) is 0 Å². The van der Waals surface area contributed by atoms with Gasteiger partial charge in [-0.25, -0.2) is 0 Å². The van der Waals surface area contributed by atoms with Crippen molar-refractivity contribution in [1.82, 2.24) is 0 Å². The molecule has 1 spiro atoms. The van der Waals surface area contributed by atoms with E-state index in [4.69, 9.17) is 0 Å². The second-order valence-corrected chi connectivity index (χ2v) is 16.1. The third-order valence-electron chi connectivity index (χ3n) is 12.6. The number of hydrogen-bond donors (Lipinski definition) is 0. The average Bonchev–Trinajstić information content (AvgIpc) is 3.82. The minimum atomic E-state index is -0.0957. The predicted molar refractivity (Wildman–Crippen MR) is 255 cm³/mol. The zero-order valence-electron chi connectivity index (χ0n) is 33.8. The van der Waals surface area contributed by atoms with Crippen LogP contribution in [0.15, 0.2) is 194 Å². The van der Waals surface area contributed by atoms with Crippen LogP contribution in [-0.4, -0.2) is 6.54 Å². The Labute approximate surface area is 354 Å². The van der Waals surface area contributed by atoms with Gasteiger partial charge < -0.3 is 9.80 Å². The second kappa shape index (κ2) is 15.8. The summed E-state index contributed by atoms with van der Waals surface area (Å²) in [4.78, 5) is 4.81. The van der Waals surface area contributed by atoms with Crippen molar-refractivity contribution >= 4 is 52.7 Å². The molecule has 2 aliphatic carbocycles. The highest BCUT2D eigenvalue weighted by Gasteiger charge is 2.47. The van der Waals surface area contributed by atoms with Crippen molar-refractivity contribution in [2.75, 3.05) is 16.3 Å². The molecule has 0 radical (unpaired) electrons. The van der Waals surface area contributed by atoms with E-state index in [1.807, 2.05) is 36.4 Å². The number of hydrogen-bond acceptors (Lipinski definition) is 2. The first kappa shape index (κ1) is 37.0. The zero-order chi connectivity index (χ0) is 40.5. The van der Waals surface area contributed by atoms with E-state index in [1.54, 1.807) is 0 Å². The molecule has 288 valence electrons. The Morgan fingerprint density at radius 2 is 1.33 bits per heavy atom. The Hall–Kier alpha value is -7.34. The van der Waals surface area contributed by atoms with Gasteiger partial charge in [0.1, 0.15) is 0 Å². The molecule has 0 bridgehead atoms. The molecule has 0 saturated carbocycles. The van der Waals surface area contributed by atoms with Crippen LogP contribution in [0.3, 0.4) is 0 Å². The largest absolute Gasteiger partial charge is 0.341 e. The van der Waals surface area contributed by atoms with Crippen molar-refractivity contribution in [2.45, 2.75) is 31.1 Å². The van der Waals surface area contributed by atoms with Gasteiger partial charge in [0.15, 0.2) is 0 Å². The highest BCUT2D eigenvalue weighted by atomic mass is 15.1. The van der Waals surface area contributed by atoms with Crippen LogP contribution in [-0.2, 0) is 24.7 Å². The molecule has 10 rings (SSSR count). The van der Waals surface area contributed by atoms with E-state index in [0.717, 1.165) is 59.6 Å². The summed E-state index contributed by atoms with van der Waals surface area (Å²) in [7, 11) is 0. The minimum Gasteiger partial charge on any atom is -0.341 e. The molecular weight excluding hydrogens is 725 g/mol. The lowest BCUT2D eigenvalue weighted by atomic mass is 9.75. The molecule has 1 heterocycles. The van der Waals surface area contributed by atoms with E-state index in [2.05, 4.69) is 192 Å². The summed E-state index contributed by atoms with van der Waals surface area (Å²) in [5.41, 5.74) is 26.5. The number of rotatable bonds is 9. The summed E-state index contributed by atoms with van der Waals surface area (Å²) in [5.74, 6) is 0. The Morgan fingerprint density at radius 1 is 0.617 bits per heavy atom. The van der Waals surface area contributed by atoms with Gasteiger partial charge >= 0.3 is 0 Å². The number of anilines is 5. The summed E-state index contributed by atoms with van der Waals surface area (Å²) in [6.45, 7) is 9.01. The molecule has 3 aliphatic rings. The third-order valence-corrected chi connectivity index (χ3v) is 12.6. The van der Waals surface area contributed by atoms with Gasteiger partial charge in [-0.05, 0) is 148 Å². The van der Waals surface area contributed by atoms with Crippen LogP contribution in [0.4, 0.5) is 28.4 Å². The van der Waals surface area contributed by atoms with Gasteiger partial charge in [-0.15, -0.1) is 11.5 Å². The van der Waals surface area contributed by atoms with Crippen molar-refractivity contribution in [3.05, 3.63) is 245 Å². The quantitative estimate of drug-likeness (QED) is 0.107. The molecule has 0 fully saturated rings. The number of para-hydroxylation sites is 3. The maximum Gasteiger partial charge on any atom is 0.0540 e. The lowest BCUT2D eigenvalue weighted by Crippen LogP contribution is -2.27. The van der Waals surface area contributed by atoms with Gasteiger partial charge in [-0.3, -0.25) is 0 Å². The van der Waals surface area contributed by atoms with E-state index < -0.39 is 0 Å². The maximum absolute atomic E-state index is 4.12. The standard InChI is InChI=1S/C58H46N2/c1-3-18-44-20-14-16-29-57(44)60(49-26-9-6-10-27-49)51-32-31-43(4-2)46(38-51)22-8-5-7-19-42-30-34-52-53-35-33-50(59-36-17-25-45-21-13-15-28-56(45)59)39-55(53)58(54(52)37-42)40-47-23-11-12-24-48(47)41-58/h4-7,9-16,18-24,26-35,37-39H,1-2,17,25,36,40-41H2/b19-7+. The highest BCUT2D eigenvalue weighted by Crippen LogP contribution is 2.56. The zero-order valence-corrected chi connectivity index (χ0v) is 33.8. The molecule has 2 nitrogen and oxygen atoms in total. The summed E-state index contributed by atoms with van der Waals surface area (Å²) in [6.07, 6.45) is 16.5. The van der Waals surface area contributed by atoms with Crippen molar-refractivity contribution < 1.29 is 0 Å². The normalized spacial score (nSPS) is 14.0. The summed E-state index contributed by atoms with van der Waals surface area (Å²) in [5, 5.41) is 0. The van der Waals surface area contributed by atoms with Gasteiger partial charge in [0, 0.05) is 40.3 Å². The van der Waals surface area contributed by atoms with Gasteiger partial charge in [0.25, 0.3) is 0 Å². The van der Waals surface area contributed by atoms with Crippen LogP contribution in [0.2, 0.25) is 0 Å². The molecule has 7 aromatic rings. The first-order valence-electron chi connectivity index (χ1n) is 21.0. The predicted octanol–water partition coefficient (Wildman–Crippen LogP) is 14.6. The number of nitrogens with zero attached hydrogens (tertiary/aromatic N) is 2. The molecule has 0 amide bonds. The van der Waals surface area contributed by atoms with Crippen LogP contribution in [0.5, 0.6) is 0 Å². The van der Waals surface area contributed by atoms with Crippen LogP contribution >= 0.6 is 0 Å². The smallest absolute Gasteiger partial charge is 0.0540 e. The molecule has 2 heteroatoms. The fraction of sp³-hybridized carbons (Fsp3) is 0.103. The van der Waals surface area contributed by atoms with Crippen molar-refractivity contribution in [3.8, 4) is 11.1 Å². The van der Waals surface area contributed by atoms with Gasteiger partial charge in [-0.2, -0.15) is 0 Å². The lowest BCUT2D eigenvalue weighted by molar-refractivity contribution is 0.563. The molecule has 0 aromatic heterocycles. The highest BCUT2D eigenvalue weighted by molar-refractivity contribution is 5.87. The number of benzene rings is 7. The second-order valence-electron chi connectivity index (χ2n) is 16.1. The fourth-order valence-electron chi connectivity index (χ4n) is 9.86. The monoisotopic (exact) mass is 770 g/mol. The van der Waals surface area contributed by atoms with Crippen LogP contribution < -0.4 is 9.80 Å². The molecule has 0 atom stereocenters. The first-order chi connectivity index (χ1) is 29.6. The topological polar surface area (TPSA) is 6.48 Å². The fourth-order valence-corrected chi connectivity index (χ4v) is 9.86. The lowest BCUT2D eigenvalue weighted by Gasteiger charge is -2.33. The van der Waals surface area contributed by atoms with Crippen LogP contribution in [0.25, 0.3) is 35.4 Å². The van der Waals surface area contributed by atoms with E-state index >= 15 is 0 Å². The van der Waals surface area contributed by atoms with Crippen molar-refractivity contribution in [2.24, 2.45) is 0 Å². The van der Waals surface area contributed by atoms with E-state index in [9.17, 15) is 0 Å². The summed E-state index contributed by atoms with van der Waals surface area (Å²) >= 11 is 0. The Kier molecular flexibility index (Phi) is 9.72. The van der Waals surface area contributed by atoms with Gasteiger partial charge in [-0.1, -0.05) is 141 Å². The molecule has 1 aliphatic heterocycles. The van der Waals surface area contributed by atoms with Crippen LogP contribution in [0.1, 0.15) is 56.5 Å². The Morgan fingerprint density at radius 3 is 2.13 bits per heavy atom. The summed E-state index contributed by atoms with van der Waals surface area (Å²) in [6, 6.07) is 57.6. The van der Waals surface area contributed by atoms with Gasteiger partial charge in [0.05, 0.1) is 5.69 Å². The number of allylic oxidation sites excluding steroid dienone is 2. The van der Waals surface area contributed by atoms with E-state index in [0.29, 0.717) is 0 Å². The SMILES string of the molecule is C=C=Cc1ccccc1N(c1ccccc1)c1ccc(C=C)c(C=C=C/C=C/c2ccc3c(c2)C2(Cc4ccccc4C2)c2cc(N4CCCc5ccccc54)ccc2-3)c1. The number of fused-ring (bicyclic) bond motifs is 7. The molecule has 0 N–H and O–H groups in total. The molecular formula is C58H46N2. The van der Waals surface area contributed by atoms with E-state index in [1.165, 1.54) is 62.3 Å². The average molecular weight is 771 g/mol.